The van der Waals surface area contributed by atoms with Crippen LogP contribution in [0.1, 0.15) is 99.8 Å². The Morgan fingerprint density at radius 1 is 0.574 bits per heavy atom. The lowest BCUT2D eigenvalue weighted by Gasteiger charge is -2.38. The van der Waals surface area contributed by atoms with E-state index in [9.17, 15) is 9.90 Å². The Hall–Kier alpha value is -3.58. The van der Waals surface area contributed by atoms with E-state index in [1.165, 1.54) is 11.5 Å². The molecule has 4 aromatic rings. The molecule has 0 aliphatic rings. The lowest BCUT2D eigenvalue weighted by Crippen LogP contribution is -2.43. The molecule has 0 saturated carbocycles. The Kier molecular flexibility index (Phi) is 11.0. The molecule has 47 heavy (non-hydrogen) atoms. The van der Waals surface area contributed by atoms with Crippen molar-refractivity contribution in [3.63, 3.8) is 0 Å². The molecule has 2 nitrogen and oxygen atoms in total. The molecule has 0 atom stereocenters. The molecule has 0 saturated heterocycles. The quantitative estimate of drug-likeness (QED) is 0.0885. The van der Waals surface area contributed by atoms with Crippen molar-refractivity contribution in [2.75, 3.05) is 0 Å². The van der Waals surface area contributed by atoms with Crippen molar-refractivity contribution in [3.05, 3.63) is 77.4 Å². The minimum Gasteiger partial charge on any atom is -0.478 e. The Bertz CT molecular complexity index is 1910. The molecule has 0 aliphatic carbocycles. The van der Waals surface area contributed by atoms with Crippen LogP contribution < -0.4 is 0 Å². The minimum atomic E-state index is -2.01. The topological polar surface area (TPSA) is 37.3 Å². The molecular formula is C43H54O2Si2. The van der Waals surface area contributed by atoms with Gasteiger partial charge in [0.2, 0.25) is 0 Å². The van der Waals surface area contributed by atoms with Gasteiger partial charge < -0.3 is 5.11 Å². The first kappa shape index (κ1) is 36.3. The van der Waals surface area contributed by atoms with E-state index in [1.54, 1.807) is 6.08 Å². The molecule has 0 amide bonds. The van der Waals surface area contributed by atoms with E-state index in [2.05, 4.69) is 155 Å². The Labute approximate surface area is 286 Å². The van der Waals surface area contributed by atoms with Gasteiger partial charge in [-0.3, -0.25) is 0 Å². The van der Waals surface area contributed by atoms with Gasteiger partial charge in [0.1, 0.15) is 16.1 Å². The summed E-state index contributed by atoms with van der Waals surface area (Å²) in [4.78, 5) is 11.3. The predicted molar refractivity (Wildman–Crippen MR) is 211 cm³/mol. The Balaban J connectivity index is 2.22. The standard InChI is InChI=1S/C43H54O2Si2/c1-28(2)46(29(3)4,30(5)6)23-21-39-37-15-13-14-16-38(37)40(22-24-47(31(7)8,32(9)10)33(11)12)42-27-36-25-34(18-20-43(44)45)17-19-35(36)26-41(39)42/h13-20,25-33H,1-12H3,(H,44,45)/b20-18+. The van der Waals surface area contributed by atoms with Crippen molar-refractivity contribution in [2.24, 2.45) is 0 Å². The molecule has 0 bridgehead atoms. The van der Waals surface area contributed by atoms with Crippen LogP contribution in [0, 0.1) is 22.9 Å². The highest BCUT2D eigenvalue weighted by atomic mass is 28.3. The third-order valence-electron chi connectivity index (χ3n) is 11.0. The summed E-state index contributed by atoms with van der Waals surface area (Å²) in [5.74, 6) is 6.79. The first-order chi connectivity index (χ1) is 22.1. The Morgan fingerprint density at radius 3 is 1.36 bits per heavy atom. The van der Waals surface area contributed by atoms with Gasteiger partial charge in [0.15, 0.2) is 0 Å². The van der Waals surface area contributed by atoms with Crippen LogP contribution in [0.3, 0.4) is 0 Å². The summed E-state index contributed by atoms with van der Waals surface area (Å²) in [6.07, 6.45) is 2.86. The SMILES string of the molecule is CC(C)[Si](C#Cc1c2ccccc2c(C#C[Si](C(C)C)(C(C)C)C(C)C)c2cc3cc(/C=C/C(=O)O)ccc3cc12)(C(C)C)C(C)C. The summed E-state index contributed by atoms with van der Waals surface area (Å²) >= 11 is 0. The van der Waals surface area contributed by atoms with Crippen molar-refractivity contribution in [2.45, 2.75) is 116 Å². The van der Waals surface area contributed by atoms with Gasteiger partial charge in [-0.1, -0.05) is 131 Å². The highest BCUT2D eigenvalue weighted by Crippen LogP contribution is 2.43. The van der Waals surface area contributed by atoms with E-state index in [-0.39, 0.29) is 0 Å². The van der Waals surface area contributed by atoms with Gasteiger partial charge >= 0.3 is 5.97 Å². The zero-order valence-electron chi connectivity index (χ0n) is 30.7. The fraction of sp³-hybridized carbons (Fsp3) is 0.419. The minimum absolute atomic E-state index is 0.531. The smallest absolute Gasteiger partial charge is 0.328 e. The second-order valence-corrected chi connectivity index (χ2v) is 26.4. The molecular weight excluding hydrogens is 605 g/mol. The fourth-order valence-corrected chi connectivity index (χ4v) is 19.1. The van der Waals surface area contributed by atoms with E-state index in [4.69, 9.17) is 0 Å². The highest BCUT2D eigenvalue weighted by molar-refractivity contribution is 6.91. The van der Waals surface area contributed by atoms with Crippen LogP contribution in [0.2, 0.25) is 33.2 Å². The lowest BCUT2D eigenvalue weighted by molar-refractivity contribution is -0.131. The van der Waals surface area contributed by atoms with E-state index in [1.807, 2.05) is 6.07 Å². The van der Waals surface area contributed by atoms with Gasteiger partial charge in [0.05, 0.1) is 0 Å². The third-order valence-corrected chi connectivity index (χ3v) is 23.5. The van der Waals surface area contributed by atoms with Crippen molar-refractivity contribution < 1.29 is 9.90 Å². The molecule has 0 aromatic heterocycles. The van der Waals surface area contributed by atoms with E-state index in [0.717, 1.165) is 43.6 Å². The van der Waals surface area contributed by atoms with Crippen LogP contribution in [0.25, 0.3) is 38.4 Å². The molecule has 4 heteroatoms. The molecule has 0 spiro atoms. The predicted octanol–water partition coefficient (Wildman–Crippen LogP) is 12.4. The maximum absolute atomic E-state index is 11.3. The van der Waals surface area contributed by atoms with Gasteiger partial charge in [-0.15, -0.1) is 11.1 Å². The van der Waals surface area contributed by atoms with Gasteiger partial charge in [0.25, 0.3) is 0 Å². The number of aliphatic carboxylic acids is 1. The number of carboxylic acid groups (broad SMARTS) is 1. The average molecular weight is 659 g/mol. The molecule has 0 unspecified atom stereocenters. The number of fused-ring (bicyclic) bond motifs is 3. The third kappa shape index (κ3) is 6.74. The molecule has 246 valence electrons. The summed E-state index contributed by atoms with van der Waals surface area (Å²) < 4.78 is 0. The molecule has 1 N–H and O–H groups in total. The van der Waals surface area contributed by atoms with E-state index >= 15 is 0 Å². The first-order valence-corrected chi connectivity index (χ1v) is 21.9. The fourth-order valence-electron chi connectivity index (χ4n) is 8.69. The monoisotopic (exact) mass is 658 g/mol. The summed E-state index contributed by atoms with van der Waals surface area (Å²) in [7, 11) is -4.00. The first-order valence-electron chi connectivity index (χ1n) is 17.5. The number of hydrogen-bond donors (Lipinski definition) is 1. The van der Waals surface area contributed by atoms with Crippen LogP contribution >= 0.6 is 0 Å². The lowest BCUT2D eigenvalue weighted by atomic mass is 9.90. The second kappa shape index (κ2) is 14.3. The summed E-state index contributed by atoms with van der Waals surface area (Å²) in [5.41, 5.74) is 14.3. The zero-order chi connectivity index (χ0) is 34.8. The van der Waals surface area contributed by atoms with E-state index in [0.29, 0.717) is 33.2 Å². The summed E-state index contributed by atoms with van der Waals surface area (Å²) in [5, 5.41) is 16.0. The van der Waals surface area contributed by atoms with E-state index < -0.39 is 22.1 Å². The molecule has 4 rings (SSSR count). The molecule has 0 aliphatic heterocycles. The maximum Gasteiger partial charge on any atom is 0.328 e. The number of carbonyl (C=O) groups is 1. The van der Waals surface area contributed by atoms with Crippen molar-refractivity contribution in [3.8, 4) is 22.9 Å². The molecule has 0 radical (unpaired) electrons. The number of hydrogen-bond acceptors (Lipinski definition) is 1. The molecule has 4 aromatic carbocycles. The van der Waals surface area contributed by atoms with Crippen LogP contribution in [0.15, 0.2) is 60.7 Å². The zero-order valence-corrected chi connectivity index (χ0v) is 32.7. The summed E-state index contributed by atoms with van der Waals surface area (Å²) in [6, 6.07) is 19.4. The van der Waals surface area contributed by atoms with Crippen LogP contribution in [0.4, 0.5) is 0 Å². The Morgan fingerprint density at radius 2 is 0.979 bits per heavy atom. The maximum atomic E-state index is 11.3. The molecule has 0 heterocycles. The van der Waals surface area contributed by atoms with Crippen LogP contribution in [-0.4, -0.2) is 27.2 Å². The van der Waals surface area contributed by atoms with Gasteiger partial charge in [0, 0.05) is 17.2 Å². The van der Waals surface area contributed by atoms with Crippen LogP contribution in [0.5, 0.6) is 0 Å². The normalized spacial score (nSPS) is 12.7. The summed E-state index contributed by atoms with van der Waals surface area (Å²) in [6.45, 7) is 28.4. The van der Waals surface area contributed by atoms with Gasteiger partial charge in [-0.05, 0) is 95.4 Å². The van der Waals surface area contributed by atoms with Crippen molar-refractivity contribution >= 4 is 60.5 Å². The average Bonchev–Trinajstić information content (AvgIpc) is 2.99. The van der Waals surface area contributed by atoms with Crippen molar-refractivity contribution in [1.29, 1.82) is 0 Å². The molecule has 0 fully saturated rings. The highest BCUT2D eigenvalue weighted by Gasteiger charge is 2.42. The van der Waals surface area contributed by atoms with Gasteiger partial charge in [-0.2, -0.15) is 0 Å². The number of rotatable bonds is 8. The number of carboxylic acids is 1. The van der Waals surface area contributed by atoms with Crippen molar-refractivity contribution in [1.82, 2.24) is 0 Å². The largest absolute Gasteiger partial charge is 0.478 e. The van der Waals surface area contributed by atoms with Crippen LogP contribution in [-0.2, 0) is 4.79 Å². The number of benzene rings is 4. The van der Waals surface area contributed by atoms with Gasteiger partial charge in [-0.25, -0.2) is 4.79 Å². The second-order valence-electron chi connectivity index (χ2n) is 15.3.